The second kappa shape index (κ2) is 7.25. The Bertz CT molecular complexity index is 574. The predicted molar refractivity (Wildman–Crippen MR) is 89.3 cm³/mol. The number of rotatable bonds is 5. The highest BCUT2D eigenvalue weighted by molar-refractivity contribution is 5.98. The molecular formula is C18H24N2O2. The van der Waals surface area contributed by atoms with Gasteiger partial charge in [-0.15, -0.1) is 0 Å². The number of hydrogen-bond donors (Lipinski definition) is 1. The van der Waals surface area contributed by atoms with Crippen LogP contribution in [0.25, 0.3) is 0 Å². The average molecular weight is 300 g/mol. The van der Waals surface area contributed by atoms with Gasteiger partial charge in [0.25, 0.3) is 0 Å². The van der Waals surface area contributed by atoms with Crippen molar-refractivity contribution in [3.63, 3.8) is 0 Å². The van der Waals surface area contributed by atoms with E-state index in [1.807, 2.05) is 37.3 Å². The van der Waals surface area contributed by atoms with Crippen LogP contribution in [0.2, 0.25) is 0 Å². The molecule has 4 nitrogen and oxygen atoms in total. The number of aliphatic imine (C=N–C) groups is 1. The minimum absolute atomic E-state index is 0.124. The van der Waals surface area contributed by atoms with Gasteiger partial charge in [0.15, 0.2) is 0 Å². The van der Waals surface area contributed by atoms with Gasteiger partial charge in [-0.25, -0.2) is 0 Å². The number of allylic oxidation sites excluding steroid dienone is 2. The van der Waals surface area contributed by atoms with Crippen LogP contribution in [0.4, 0.5) is 5.69 Å². The Morgan fingerprint density at radius 2 is 2.00 bits per heavy atom. The molecule has 1 aliphatic carbocycles. The third-order valence-corrected chi connectivity index (χ3v) is 3.46. The summed E-state index contributed by atoms with van der Waals surface area (Å²) < 4.78 is 4.95. The van der Waals surface area contributed by atoms with E-state index in [0.29, 0.717) is 6.61 Å². The van der Waals surface area contributed by atoms with Crippen LogP contribution in [-0.4, -0.2) is 24.8 Å². The Kier molecular flexibility index (Phi) is 5.36. The first-order valence-corrected chi connectivity index (χ1v) is 7.71. The first-order chi connectivity index (χ1) is 10.5. The normalized spacial score (nSPS) is 18.7. The molecule has 1 N–H and O–H groups in total. The number of para-hydroxylation sites is 1. The number of nitrogens with one attached hydrogen (secondary N) is 1. The molecular weight excluding hydrogens is 276 g/mol. The molecule has 0 fully saturated rings. The van der Waals surface area contributed by atoms with Crippen molar-refractivity contribution in [3.05, 3.63) is 42.1 Å². The maximum atomic E-state index is 11.5. The lowest BCUT2D eigenvalue weighted by Crippen LogP contribution is -2.31. The van der Waals surface area contributed by atoms with Gasteiger partial charge in [-0.2, -0.15) is 0 Å². The second-order valence-electron chi connectivity index (χ2n) is 6.28. The van der Waals surface area contributed by atoms with E-state index in [9.17, 15) is 4.79 Å². The zero-order chi connectivity index (χ0) is 16.0. The molecule has 1 aromatic rings. The number of carbonyl (C=O) groups is 1. The highest BCUT2D eigenvalue weighted by atomic mass is 16.5. The van der Waals surface area contributed by atoms with E-state index in [2.05, 4.69) is 25.2 Å². The van der Waals surface area contributed by atoms with E-state index in [-0.39, 0.29) is 17.9 Å². The van der Waals surface area contributed by atoms with Gasteiger partial charge in [0.2, 0.25) is 0 Å². The molecule has 1 aliphatic rings. The van der Waals surface area contributed by atoms with Crippen LogP contribution in [0.1, 0.15) is 33.6 Å². The third-order valence-electron chi connectivity index (χ3n) is 3.46. The summed E-state index contributed by atoms with van der Waals surface area (Å²) in [5.74, 6) is -0.228. The van der Waals surface area contributed by atoms with Gasteiger partial charge in [0.1, 0.15) is 6.54 Å². The molecule has 0 atom stereocenters. The molecule has 118 valence electrons. The summed E-state index contributed by atoms with van der Waals surface area (Å²) in [6, 6.07) is 9.94. The average Bonchev–Trinajstić information content (AvgIpc) is 2.45. The van der Waals surface area contributed by atoms with Crippen molar-refractivity contribution in [2.75, 3.05) is 13.2 Å². The van der Waals surface area contributed by atoms with Crippen LogP contribution in [0, 0.1) is 5.41 Å². The summed E-state index contributed by atoms with van der Waals surface area (Å²) in [5, 5.41) is 3.18. The summed E-state index contributed by atoms with van der Waals surface area (Å²) in [6.07, 6.45) is 3.88. The second-order valence-corrected chi connectivity index (χ2v) is 6.28. The summed E-state index contributed by atoms with van der Waals surface area (Å²) in [5.41, 5.74) is 3.16. The fraction of sp³-hybridized carbons (Fsp3) is 0.444. The molecule has 0 unspecified atom stereocenters. The third kappa shape index (κ3) is 5.02. The topological polar surface area (TPSA) is 50.7 Å². The smallest absolute Gasteiger partial charge is 0.325 e. The van der Waals surface area contributed by atoms with Crippen LogP contribution >= 0.6 is 0 Å². The number of hydrogen-bond acceptors (Lipinski definition) is 4. The van der Waals surface area contributed by atoms with Gasteiger partial charge in [-0.3, -0.25) is 9.79 Å². The zero-order valence-electron chi connectivity index (χ0n) is 13.6. The summed E-state index contributed by atoms with van der Waals surface area (Å²) in [6.45, 7) is 6.85. The summed E-state index contributed by atoms with van der Waals surface area (Å²) >= 11 is 0. The van der Waals surface area contributed by atoms with Crippen molar-refractivity contribution in [2.45, 2.75) is 33.6 Å². The molecule has 0 aliphatic heterocycles. The van der Waals surface area contributed by atoms with E-state index >= 15 is 0 Å². The molecule has 0 saturated heterocycles. The Balaban J connectivity index is 2.11. The van der Waals surface area contributed by atoms with E-state index in [1.54, 1.807) is 0 Å². The molecule has 0 bridgehead atoms. The van der Waals surface area contributed by atoms with Crippen molar-refractivity contribution in [1.29, 1.82) is 0 Å². The fourth-order valence-electron chi connectivity index (χ4n) is 2.62. The van der Waals surface area contributed by atoms with Crippen LogP contribution < -0.4 is 5.32 Å². The van der Waals surface area contributed by atoms with Crippen molar-refractivity contribution in [3.8, 4) is 0 Å². The van der Waals surface area contributed by atoms with Crippen molar-refractivity contribution in [2.24, 2.45) is 10.4 Å². The maximum absolute atomic E-state index is 11.5. The molecule has 22 heavy (non-hydrogen) atoms. The van der Waals surface area contributed by atoms with Gasteiger partial charge in [-0.1, -0.05) is 32.0 Å². The van der Waals surface area contributed by atoms with Gasteiger partial charge in [0.05, 0.1) is 12.3 Å². The van der Waals surface area contributed by atoms with Gasteiger partial charge in [0, 0.05) is 11.4 Å². The Morgan fingerprint density at radius 1 is 1.27 bits per heavy atom. The Hall–Kier alpha value is -2.10. The first kappa shape index (κ1) is 16.3. The van der Waals surface area contributed by atoms with Crippen molar-refractivity contribution in [1.82, 2.24) is 5.32 Å². The van der Waals surface area contributed by atoms with E-state index in [1.165, 1.54) is 0 Å². The molecule has 0 heterocycles. The number of esters is 1. The van der Waals surface area contributed by atoms with Crippen molar-refractivity contribution < 1.29 is 9.53 Å². The molecule has 0 radical (unpaired) electrons. The van der Waals surface area contributed by atoms with Crippen LogP contribution in [-0.2, 0) is 9.53 Å². The molecule has 2 rings (SSSR count). The SMILES string of the molecule is CCOC(=O)CNC1=C/C(=N/c2ccccc2)CC(C)(C)C1. The number of carbonyl (C=O) groups excluding carboxylic acids is 1. The standard InChI is InChI=1S/C18H24N2O2/c1-4-22-17(21)13-19-15-10-16(12-18(2,3)11-15)20-14-8-6-5-7-9-14/h5-10,19H,4,11-13H2,1-3H3/b20-16-. The zero-order valence-corrected chi connectivity index (χ0v) is 13.6. The van der Waals surface area contributed by atoms with Crippen LogP contribution in [0.5, 0.6) is 0 Å². The Labute approximate surface area is 132 Å². The highest BCUT2D eigenvalue weighted by Crippen LogP contribution is 2.33. The molecule has 4 heteroatoms. The largest absolute Gasteiger partial charge is 0.465 e. The highest BCUT2D eigenvalue weighted by Gasteiger charge is 2.26. The van der Waals surface area contributed by atoms with Crippen LogP contribution in [0.15, 0.2) is 47.1 Å². The van der Waals surface area contributed by atoms with E-state index < -0.39 is 0 Å². The Morgan fingerprint density at radius 3 is 2.68 bits per heavy atom. The number of nitrogens with zero attached hydrogens (tertiary/aromatic N) is 1. The minimum Gasteiger partial charge on any atom is -0.465 e. The quantitative estimate of drug-likeness (QED) is 0.845. The molecule has 0 spiro atoms. The monoisotopic (exact) mass is 300 g/mol. The van der Waals surface area contributed by atoms with Gasteiger partial charge < -0.3 is 10.1 Å². The van der Waals surface area contributed by atoms with E-state index in [0.717, 1.165) is 29.9 Å². The molecule has 0 amide bonds. The number of ether oxygens (including phenoxy) is 1. The van der Waals surface area contributed by atoms with Crippen molar-refractivity contribution >= 4 is 17.4 Å². The molecule has 0 aromatic heterocycles. The maximum Gasteiger partial charge on any atom is 0.325 e. The van der Waals surface area contributed by atoms with E-state index in [4.69, 9.17) is 9.73 Å². The lowest BCUT2D eigenvalue weighted by Gasteiger charge is -2.31. The molecule has 0 saturated carbocycles. The fourth-order valence-corrected chi connectivity index (χ4v) is 2.62. The van der Waals surface area contributed by atoms with Gasteiger partial charge >= 0.3 is 5.97 Å². The molecule has 1 aromatic carbocycles. The lowest BCUT2D eigenvalue weighted by molar-refractivity contribution is -0.141. The van der Waals surface area contributed by atoms with Gasteiger partial charge in [-0.05, 0) is 43.4 Å². The summed E-state index contributed by atoms with van der Waals surface area (Å²) in [7, 11) is 0. The number of benzene rings is 1. The minimum atomic E-state index is -0.228. The lowest BCUT2D eigenvalue weighted by atomic mass is 9.78. The van der Waals surface area contributed by atoms with Crippen LogP contribution in [0.3, 0.4) is 0 Å². The summed E-state index contributed by atoms with van der Waals surface area (Å²) in [4.78, 5) is 16.2. The first-order valence-electron chi connectivity index (χ1n) is 7.71. The predicted octanol–water partition coefficient (Wildman–Crippen LogP) is 3.62.